The lowest BCUT2D eigenvalue weighted by atomic mass is 9.92. The molecule has 4 rings (SSSR count). The summed E-state index contributed by atoms with van der Waals surface area (Å²) in [5.41, 5.74) is 3.36. The second kappa shape index (κ2) is 11.9. The molecule has 1 amide bonds. The number of aromatic nitrogens is 3. The van der Waals surface area contributed by atoms with Crippen molar-refractivity contribution in [2.75, 3.05) is 18.0 Å². The number of benzene rings is 1. The van der Waals surface area contributed by atoms with Crippen LogP contribution in [0.1, 0.15) is 59.3 Å². The minimum atomic E-state index is -1.14. The van der Waals surface area contributed by atoms with Gasteiger partial charge in [-0.1, -0.05) is 19.1 Å². The molecule has 10 nitrogen and oxygen atoms in total. The molecule has 4 N–H and O–H groups in total. The van der Waals surface area contributed by atoms with E-state index in [0.29, 0.717) is 30.3 Å². The number of nitrogens with one attached hydrogen (secondary N) is 1. The number of carbonyl (C=O) groups is 2. The van der Waals surface area contributed by atoms with Crippen molar-refractivity contribution >= 4 is 17.6 Å². The highest BCUT2D eigenvalue weighted by Gasteiger charge is 2.25. The Morgan fingerprint density at radius 3 is 2.42 bits per heavy atom. The van der Waals surface area contributed by atoms with Gasteiger partial charge in [-0.25, -0.2) is 14.8 Å². The lowest BCUT2D eigenvalue weighted by Crippen LogP contribution is -2.40. The van der Waals surface area contributed by atoms with E-state index in [-0.39, 0.29) is 23.6 Å². The van der Waals surface area contributed by atoms with Gasteiger partial charge in [-0.05, 0) is 67.9 Å². The van der Waals surface area contributed by atoms with Crippen LogP contribution in [0.2, 0.25) is 0 Å². The topological polar surface area (TPSA) is 149 Å². The maximum absolute atomic E-state index is 12.6. The fourth-order valence-electron chi connectivity index (χ4n) is 4.72. The lowest BCUT2D eigenvalue weighted by Gasteiger charge is -2.33. The summed E-state index contributed by atoms with van der Waals surface area (Å²) in [6.07, 6.45) is 6.52. The van der Waals surface area contributed by atoms with Crippen LogP contribution in [0.3, 0.4) is 0 Å². The first-order valence-electron chi connectivity index (χ1n) is 12.8. The molecule has 1 unspecified atom stereocenters. The van der Waals surface area contributed by atoms with Crippen LogP contribution >= 0.6 is 0 Å². The Morgan fingerprint density at radius 2 is 1.79 bits per heavy atom. The second-order valence-electron chi connectivity index (χ2n) is 9.72. The van der Waals surface area contributed by atoms with Crippen LogP contribution in [-0.4, -0.2) is 61.3 Å². The minimum absolute atomic E-state index is 0.165. The maximum atomic E-state index is 12.6. The quantitative estimate of drug-likeness (QED) is 0.334. The summed E-state index contributed by atoms with van der Waals surface area (Å²) in [7, 11) is 0. The zero-order chi connectivity index (χ0) is 27.2. The molecule has 1 aliphatic heterocycles. The van der Waals surface area contributed by atoms with Gasteiger partial charge in [0.15, 0.2) is 11.4 Å². The molecule has 1 aromatic carbocycles. The number of aromatic hydroxyl groups is 2. The zero-order valence-corrected chi connectivity index (χ0v) is 21.6. The standard InChI is InChI=1S/C28H33N5O5/c1-3-23(28(37)38)31-27(36)25-26(35)17(2)30-24(32-25)14-19-8-10-33(11-9-19)21-6-4-18(5-7-21)12-20-13-22(34)16-29-15-20/h4-7,13,15-16,19,23,34-35H,3,8-12,14H2,1-2H3,(H,31,36)(H,37,38). The van der Waals surface area contributed by atoms with Gasteiger partial charge in [-0.3, -0.25) is 9.78 Å². The summed E-state index contributed by atoms with van der Waals surface area (Å²) in [4.78, 5) is 39.0. The van der Waals surface area contributed by atoms with Crippen LogP contribution in [0.25, 0.3) is 0 Å². The molecule has 3 heterocycles. The van der Waals surface area contributed by atoms with Gasteiger partial charge >= 0.3 is 5.97 Å². The first-order valence-corrected chi connectivity index (χ1v) is 12.8. The van der Waals surface area contributed by atoms with E-state index in [1.807, 2.05) is 0 Å². The van der Waals surface area contributed by atoms with Crippen molar-refractivity contribution in [3.63, 3.8) is 0 Å². The van der Waals surface area contributed by atoms with Crippen LogP contribution in [0, 0.1) is 12.8 Å². The Hall–Kier alpha value is -4.21. The lowest BCUT2D eigenvalue weighted by molar-refractivity contribution is -0.139. The Balaban J connectivity index is 1.35. The van der Waals surface area contributed by atoms with Gasteiger partial charge < -0.3 is 25.5 Å². The van der Waals surface area contributed by atoms with Crippen LogP contribution in [-0.2, 0) is 17.6 Å². The smallest absolute Gasteiger partial charge is 0.326 e. The largest absolute Gasteiger partial charge is 0.506 e. The summed E-state index contributed by atoms with van der Waals surface area (Å²) in [5, 5.41) is 31.6. The summed E-state index contributed by atoms with van der Waals surface area (Å²) < 4.78 is 0. The Morgan fingerprint density at radius 1 is 1.08 bits per heavy atom. The number of pyridine rings is 1. The molecular formula is C28H33N5O5. The van der Waals surface area contributed by atoms with Crippen molar-refractivity contribution < 1.29 is 24.9 Å². The number of anilines is 1. The second-order valence-corrected chi connectivity index (χ2v) is 9.72. The summed E-state index contributed by atoms with van der Waals surface area (Å²) >= 11 is 0. The van der Waals surface area contributed by atoms with Crippen molar-refractivity contribution in [1.82, 2.24) is 20.3 Å². The Labute approximate surface area is 221 Å². The van der Waals surface area contributed by atoms with Gasteiger partial charge in [0.2, 0.25) is 0 Å². The van der Waals surface area contributed by atoms with Crippen LogP contribution in [0.15, 0.2) is 42.7 Å². The van der Waals surface area contributed by atoms with E-state index in [1.54, 1.807) is 26.1 Å². The number of nitrogens with zero attached hydrogens (tertiary/aromatic N) is 4. The molecule has 200 valence electrons. The first kappa shape index (κ1) is 26.8. The molecule has 10 heteroatoms. The molecule has 0 saturated carbocycles. The van der Waals surface area contributed by atoms with E-state index >= 15 is 0 Å². The first-order chi connectivity index (χ1) is 18.2. The number of carbonyl (C=O) groups excluding carboxylic acids is 1. The van der Waals surface area contributed by atoms with E-state index in [1.165, 1.54) is 6.20 Å². The van der Waals surface area contributed by atoms with E-state index in [9.17, 15) is 24.9 Å². The normalized spacial score (nSPS) is 14.7. The third-order valence-corrected chi connectivity index (χ3v) is 6.91. The highest BCUT2D eigenvalue weighted by Crippen LogP contribution is 2.27. The van der Waals surface area contributed by atoms with Crippen LogP contribution in [0.5, 0.6) is 11.5 Å². The zero-order valence-electron chi connectivity index (χ0n) is 21.6. The van der Waals surface area contributed by atoms with E-state index in [0.717, 1.165) is 42.7 Å². The molecular weight excluding hydrogens is 486 g/mol. The van der Waals surface area contributed by atoms with Crippen LogP contribution in [0.4, 0.5) is 5.69 Å². The van der Waals surface area contributed by atoms with Gasteiger partial charge in [0.05, 0.1) is 11.9 Å². The molecule has 0 radical (unpaired) electrons. The van der Waals surface area contributed by atoms with Crippen molar-refractivity contribution in [3.05, 3.63) is 71.1 Å². The number of aryl methyl sites for hydroxylation is 1. The maximum Gasteiger partial charge on any atom is 0.326 e. The fourth-order valence-corrected chi connectivity index (χ4v) is 4.72. The fraction of sp³-hybridized carbons (Fsp3) is 0.393. The van der Waals surface area contributed by atoms with Gasteiger partial charge in [-0.2, -0.15) is 0 Å². The molecule has 1 fully saturated rings. The number of hydrogen-bond donors (Lipinski definition) is 4. The van der Waals surface area contributed by atoms with E-state index in [4.69, 9.17) is 0 Å². The monoisotopic (exact) mass is 519 g/mol. The molecule has 2 aromatic heterocycles. The molecule has 1 saturated heterocycles. The molecule has 0 spiro atoms. The average molecular weight is 520 g/mol. The van der Waals surface area contributed by atoms with Crippen molar-refractivity contribution in [2.45, 2.75) is 52.0 Å². The highest BCUT2D eigenvalue weighted by molar-refractivity contribution is 5.97. The Kier molecular flexibility index (Phi) is 8.40. The Bertz CT molecular complexity index is 1290. The molecule has 0 aliphatic carbocycles. The number of piperidine rings is 1. The molecule has 3 aromatic rings. The van der Waals surface area contributed by atoms with Crippen molar-refractivity contribution in [1.29, 1.82) is 0 Å². The molecule has 0 bridgehead atoms. The third-order valence-electron chi connectivity index (χ3n) is 6.91. The number of carboxylic acids is 1. The predicted molar refractivity (Wildman–Crippen MR) is 141 cm³/mol. The number of hydrogen-bond acceptors (Lipinski definition) is 8. The number of amides is 1. The number of carboxylic acid groups (broad SMARTS) is 1. The van der Waals surface area contributed by atoms with Gasteiger partial charge in [0.25, 0.3) is 5.91 Å². The predicted octanol–water partition coefficient (Wildman–Crippen LogP) is 3.23. The average Bonchev–Trinajstić information content (AvgIpc) is 2.90. The number of aliphatic carboxylic acids is 1. The van der Waals surface area contributed by atoms with E-state index in [2.05, 4.69) is 49.4 Å². The van der Waals surface area contributed by atoms with Crippen molar-refractivity contribution in [3.8, 4) is 11.5 Å². The molecule has 38 heavy (non-hydrogen) atoms. The molecule has 1 aliphatic rings. The summed E-state index contributed by atoms with van der Waals surface area (Å²) in [6.45, 7) is 5.02. The third kappa shape index (κ3) is 6.56. The van der Waals surface area contributed by atoms with Crippen molar-refractivity contribution in [2.24, 2.45) is 5.92 Å². The van der Waals surface area contributed by atoms with Gasteiger partial charge in [0.1, 0.15) is 17.6 Å². The summed E-state index contributed by atoms with van der Waals surface area (Å²) in [5.74, 6) is -1.23. The number of rotatable bonds is 9. The van der Waals surface area contributed by atoms with Crippen LogP contribution < -0.4 is 10.2 Å². The molecule has 1 atom stereocenters. The summed E-state index contributed by atoms with van der Waals surface area (Å²) in [6, 6.07) is 9.09. The SMILES string of the molecule is CCC(NC(=O)c1nc(CC2CCN(c3ccc(Cc4cncc(O)c4)cc3)CC2)nc(C)c1O)C(=O)O. The highest BCUT2D eigenvalue weighted by atomic mass is 16.4. The van der Waals surface area contributed by atoms with Gasteiger partial charge in [0, 0.05) is 31.4 Å². The minimum Gasteiger partial charge on any atom is -0.506 e. The van der Waals surface area contributed by atoms with E-state index < -0.39 is 17.9 Å². The van der Waals surface area contributed by atoms with Gasteiger partial charge in [-0.15, -0.1) is 0 Å².